The number of nitrogens with one attached hydrogen (secondary N) is 1. The Kier molecular flexibility index (Phi) is 5.94. The van der Waals surface area contributed by atoms with Gasteiger partial charge in [-0.3, -0.25) is 4.79 Å². The molecule has 0 aliphatic carbocycles. The van der Waals surface area contributed by atoms with Gasteiger partial charge in [-0.1, -0.05) is 39.0 Å². The molecule has 0 aromatic heterocycles. The van der Waals surface area contributed by atoms with Gasteiger partial charge in [0.05, 0.1) is 0 Å². The summed E-state index contributed by atoms with van der Waals surface area (Å²) in [6.45, 7) is 6.17. The van der Waals surface area contributed by atoms with E-state index in [1.54, 1.807) is 7.05 Å². The summed E-state index contributed by atoms with van der Waals surface area (Å²) in [5.74, 6) is 0.382. The molecule has 0 bridgehead atoms. The van der Waals surface area contributed by atoms with Crippen molar-refractivity contribution in [3.8, 4) is 0 Å². The van der Waals surface area contributed by atoms with Crippen LogP contribution in [0.15, 0.2) is 23.8 Å². The molecule has 13 heavy (non-hydrogen) atoms. The molecule has 0 atom stereocenters. The summed E-state index contributed by atoms with van der Waals surface area (Å²) in [6.07, 6.45) is 6.78. The predicted octanol–water partition coefficient (Wildman–Crippen LogP) is 2.28. The van der Waals surface area contributed by atoms with Crippen LogP contribution in [0.2, 0.25) is 0 Å². The van der Waals surface area contributed by atoms with E-state index in [2.05, 4.69) is 19.2 Å². The second kappa shape index (κ2) is 6.46. The van der Waals surface area contributed by atoms with Gasteiger partial charge >= 0.3 is 0 Å². The highest BCUT2D eigenvalue weighted by atomic mass is 16.1. The number of hydrogen-bond donors (Lipinski definition) is 1. The van der Waals surface area contributed by atoms with Crippen LogP contribution in [0.25, 0.3) is 0 Å². The molecule has 0 aliphatic rings. The van der Waals surface area contributed by atoms with Crippen molar-refractivity contribution in [2.24, 2.45) is 5.92 Å². The number of carbonyl (C=O) groups is 1. The van der Waals surface area contributed by atoms with Gasteiger partial charge in [0.25, 0.3) is 5.91 Å². The fraction of sp³-hybridized carbons (Fsp3) is 0.545. The summed E-state index contributed by atoms with van der Waals surface area (Å²) in [6, 6.07) is 0. The maximum absolute atomic E-state index is 11.3. The normalized spacial score (nSPS) is 12.5. The van der Waals surface area contributed by atoms with Gasteiger partial charge in [0.1, 0.15) is 0 Å². The molecule has 0 aliphatic heterocycles. The van der Waals surface area contributed by atoms with Crippen LogP contribution in [0.1, 0.15) is 27.2 Å². The summed E-state index contributed by atoms with van der Waals surface area (Å²) in [5, 5.41) is 2.62. The third-order valence-corrected chi connectivity index (χ3v) is 1.54. The first-order valence-electron chi connectivity index (χ1n) is 4.72. The van der Waals surface area contributed by atoms with Gasteiger partial charge in [-0.2, -0.15) is 0 Å². The van der Waals surface area contributed by atoms with Gasteiger partial charge in [0.15, 0.2) is 0 Å². The highest BCUT2D eigenvalue weighted by Crippen LogP contribution is 2.04. The van der Waals surface area contributed by atoms with Gasteiger partial charge in [0, 0.05) is 12.6 Å². The molecule has 0 saturated carbocycles. The minimum atomic E-state index is -0.0154. The van der Waals surface area contributed by atoms with E-state index in [1.807, 2.05) is 25.2 Å². The van der Waals surface area contributed by atoms with E-state index < -0.39 is 0 Å². The Morgan fingerprint density at radius 1 is 1.46 bits per heavy atom. The lowest BCUT2D eigenvalue weighted by molar-refractivity contribution is -0.116. The van der Waals surface area contributed by atoms with Gasteiger partial charge in [-0.25, -0.2) is 0 Å². The van der Waals surface area contributed by atoms with E-state index in [-0.39, 0.29) is 5.91 Å². The van der Waals surface area contributed by atoms with Crippen LogP contribution < -0.4 is 5.32 Å². The molecule has 0 unspecified atom stereocenters. The van der Waals surface area contributed by atoms with E-state index in [0.29, 0.717) is 5.92 Å². The predicted molar refractivity (Wildman–Crippen MR) is 56.4 cm³/mol. The fourth-order valence-electron chi connectivity index (χ4n) is 0.955. The monoisotopic (exact) mass is 181 g/mol. The van der Waals surface area contributed by atoms with Gasteiger partial charge in [-0.05, 0) is 12.3 Å². The zero-order valence-corrected chi connectivity index (χ0v) is 8.92. The Bertz CT molecular complexity index is 214. The molecule has 0 aromatic rings. The molecule has 0 aromatic carbocycles. The van der Waals surface area contributed by atoms with Crippen LogP contribution in [0.3, 0.4) is 0 Å². The van der Waals surface area contributed by atoms with E-state index in [1.165, 1.54) is 0 Å². The number of hydrogen-bond acceptors (Lipinski definition) is 1. The second-order valence-corrected chi connectivity index (χ2v) is 3.26. The van der Waals surface area contributed by atoms with Gasteiger partial charge < -0.3 is 5.32 Å². The van der Waals surface area contributed by atoms with Crippen LogP contribution in [0, 0.1) is 5.92 Å². The van der Waals surface area contributed by atoms with Crippen molar-refractivity contribution in [1.29, 1.82) is 0 Å². The first kappa shape index (κ1) is 11.9. The molecule has 2 nitrogen and oxygen atoms in total. The first-order chi connectivity index (χ1) is 6.11. The Labute approximate surface area is 80.7 Å². The number of likely N-dealkylation sites (N-methyl/N-ethyl adjacent to an activating group) is 1. The quantitative estimate of drug-likeness (QED) is 0.523. The summed E-state index contributed by atoms with van der Waals surface area (Å²) in [4.78, 5) is 11.3. The Hall–Kier alpha value is -1.05. The van der Waals surface area contributed by atoms with Crippen molar-refractivity contribution < 1.29 is 4.79 Å². The number of allylic oxidation sites excluding steroid dienone is 2. The highest BCUT2D eigenvalue weighted by molar-refractivity contribution is 5.95. The molecule has 0 heterocycles. The van der Waals surface area contributed by atoms with Crippen molar-refractivity contribution in [3.63, 3.8) is 0 Å². The Morgan fingerprint density at radius 3 is 2.46 bits per heavy atom. The van der Waals surface area contributed by atoms with E-state index in [0.717, 1.165) is 12.0 Å². The van der Waals surface area contributed by atoms with E-state index in [4.69, 9.17) is 0 Å². The lowest BCUT2D eigenvalue weighted by atomic mass is 10.1. The lowest BCUT2D eigenvalue weighted by Crippen LogP contribution is -2.19. The number of carbonyl (C=O) groups excluding carboxylic acids is 1. The number of rotatable bonds is 4. The third kappa shape index (κ3) is 5.23. The average molecular weight is 181 g/mol. The van der Waals surface area contributed by atoms with Crippen LogP contribution in [0.5, 0.6) is 0 Å². The molecule has 0 rings (SSSR count). The van der Waals surface area contributed by atoms with Gasteiger partial charge in [0.2, 0.25) is 0 Å². The summed E-state index contributed by atoms with van der Waals surface area (Å²) in [7, 11) is 1.65. The molecule has 1 amide bonds. The lowest BCUT2D eigenvalue weighted by Gasteiger charge is -2.02. The Balaban J connectivity index is 4.55. The van der Waals surface area contributed by atoms with E-state index >= 15 is 0 Å². The van der Waals surface area contributed by atoms with Crippen molar-refractivity contribution in [2.45, 2.75) is 27.2 Å². The molecule has 74 valence electrons. The fourth-order valence-corrected chi connectivity index (χ4v) is 0.955. The zero-order chi connectivity index (χ0) is 10.3. The summed E-state index contributed by atoms with van der Waals surface area (Å²) < 4.78 is 0. The molecular formula is C11H19NO. The summed E-state index contributed by atoms with van der Waals surface area (Å²) >= 11 is 0. The second-order valence-electron chi connectivity index (χ2n) is 3.26. The average Bonchev–Trinajstić information content (AvgIpc) is 2.10. The summed E-state index contributed by atoms with van der Waals surface area (Å²) in [5.41, 5.74) is 0.749. The van der Waals surface area contributed by atoms with Crippen molar-refractivity contribution in [3.05, 3.63) is 23.8 Å². The largest absolute Gasteiger partial charge is 0.355 e. The molecule has 0 saturated heterocycles. The maximum Gasteiger partial charge on any atom is 0.250 e. The molecule has 2 heteroatoms. The van der Waals surface area contributed by atoms with Crippen LogP contribution >= 0.6 is 0 Å². The Morgan fingerprint density at radius 2 is 2.08 bits per heavy atom. The van der Waals surface area contributed by atoms with Crippen molar-refractivity contribution >= 4 is 5.91 Å². The minimum absolute atomic E-state index is 0.0154. The van der Waals surface area contributed by atoms with Gasteiger partial charge in [-0.15, -0.1) is 0 Å². The molecule has 0 spiro atoms. The first-order valence-corrected chi connectivity index (χ1v) is 4.72. The molecule has 0 fully saturated rings. The molecule has 0 radical (unpaired) electrons. The van der Waals surface area contributed by atoms with Crippen molar-refractivity contribution in [2.75, 3.05) is 7.05 Å². The third-order valence-electron chi connectivity index (χ3n) is 1.54. The smallest absolute Gasteiger partial charge is 0.250 e. The molecular weight excluding hydrogens is 162 g/mol. The van der Waals surface area contributed by atoms with E-state index in [9.17, 15) is 4.79 Å². The molecule has 1 N–H and O–H groups in total. The van der Waals surface area contributed by atoms with Crippen molar-refractivity contribution in [1.82, 2.24) is 5.32 Å². The van der Waals surface area contributed by atoms with Crippen LogP contribution in [0.4, 0.5) is 0 Å². The maximum atomic E-state index is 11.3. The van der Waals surface area contributed by atoms with Crippen LogP contribution in [-0.2, 0) is 4.79 Å². The minimum Gasteiger partial charge on any atom is -0.355 e. The number of amides is 1. The topological polar surface area (TPSA) is 29.1 Å². The zero-order valence-electron chi connectivity index (χ0n) is 8.92. The van der Waals surface area contributed by atoms with Crippen LogP contribution in [-0.4, -0.2) is 13.0 Å². The highest BCUT2D eigenvalue weighted by Gasteiger charge is 2.03. The SMILES string of the molecule is CC/C=C\C(=C/C(C)C)C(=O)NC. The standard InChI is InChI=1S/C11H19NO/c1-5-6-7-10(8-9(2)3)11(13)12-4/h6-9H,5H2,1-4H3,(H,12,13)/b7-6-,10-8+.